The normalized spacial score (nSPS) is 10.1. The van der Waals surface area contributed by atoms with Gasteiger partial charge in [-0.2, -0.15) is 0 Å². The third-order valence-electron chi connectivity index (χ3n) is 2.98. The topological polar surface area (TPSA) is 89.5 Å². The van der Waals surface area contributed by atoms with Crippen LogP contribution in [-0.4, -0.2) is 11.9 Å². The van der Waals surface area contributed by atoms with Gasteiger partial charge in [0.05, 0.1) is 11.9 Å². The molecule has 0 aliphatic carbocycles. The molecule has 0 aliphatic heterocycles. The first-order valence-corrected chi connectivity index (χ1v) is 6.23. The number of hydrogen-bond acceptors (Lipinski definition) is 5. The maximum absolute atomic E-state index is 11.0. The summed E-state index contributed by atoms with van der Waals surface area (Å²) in [5.74, 6) is -2.87. The molecule has 0 N–H and O–H groups in total. The van der Waals surface area contributed by atoms with Gasteiger partial charge >= 0.3 is 0 Å². The molecule has 0 unspecified atom stereocenters. The number of carbonyl (C=O) groups excluding carboxylic acids is 2. The standard InChI is InChI=1S/C16H14O5/c1-10-7-12(21-9-11-5-3-2-4-6-11)8-13(15(17)18)14(10)16(19)20/h2-8H,9H2,1H3,(H,17,18)(H,19,20)/p-2. The van der Waals surface area contributed by atoms with Crippen molar-refractivity contribution in [3.63, 3.8) is 0 Å². The maximum Gasteiger partial charge on any atom is 0.120 e. The maximum atomic E-state index is 11.0. The van der Waals surface area contributed by atoms with Crippen molar-refractivity contribution in [2.75, 3.05) is 0 Å². The molecule has 21 heavy (non-hydrogen) atoms. The first kappa shape index (κ1) is 14.6. The van der Waals surface area contributed by atoms with Crippen molar-refractivity contribution < 1.29 is 24.5 Å². The van der Waals surface area contributed by atoms with Crippen LogP contribution in [0.3, 0.4) is 0 Å². The molecule has 0 amide bonds. The number of benzene rings is 2. The highest BCUT2D eigenvalue weighted by Gasteiger charge is 2.11. The Morgan fingerprint density at radius 2 is 1.71 bits per heavy atom. The minimum absolute atomic E-state index is 0.247. The van der Waals surface area contributed by atoms with E-state index < -0.39 is 17.5 Å². The molecular weight excluding hydrogens is 272 g/mol. The summed E-state index contributed by atoms with van der Waals surface area (Å²) in [5, 5.41) is 22.0. The van der Waals surface area contributed by atoms with Crippen LogP contribution in [-0.2, 0) is 6.61 Å². The van der Waals surface area contributed by atoms with Gasteiger partial charge < -0.3 is 24.5 Å². The molecule has 0 aromatic heterocycles. The number of rotatable bonds is 5. The van der Waals surface area contributed by atoms with E-state index in [0.717, 1.165) is 11.6 Å². The predicted octanol–water partition coefficient (Wildman–Crippen LogP) is 0.301. The summed E-state index contributed by atoms with van der Waals surface area (Å²) in [6, 6.07) is 11.9. The third-order valence-corrected chi connectivity index (χ3v) is 2.98. The Morgan fingerprint density at radius 1 is 1.05 bits per heavy atom. The molecule has 5 heteroatoms. The highest BCUT2D eigenvalue weighted by molar-refractivity contribution is 6.01. The van der Waals surface area contributed by atoms with Crippen LogP contribution in [0.25, 0.3) is 0 Å². The second-order valence-corrected chi connectivity index (χ2v) is 4.51. The number of carboxylic acid groups (broad SMARTS) is 2. The Morgan fingerprint density at radius 3 is 2.29 bits per heavy atom. The molecule has 0 saturated carbocycles. The van der Waals surface area contributed by atoms with E-state index in [4.69, 9.17) is 4.74 Å². The molecular formula is C16H12O5-2. The Labute approximate surface area is 121 Å². The van der Waals surface area contributed by atoms with E-state index in [2.05, 4.69) is 0 Å². The van der Waals surface area contributed by atoms with E-state index >= 15 is 0 Å². The van der Waals surface area contributed by atoms with Crippen molar-refractivity contribution in [1.82, 2.24) is 0 Å². The highest BCUT2D eigenvalue weighted by Crippen LogP contribution is 2.22. The molecule has 0 spiro atoms. The number of hydrogen-bond donors (Lipinski definition) is 0. The summed E-state index contributed by atoms with van der Waals surface area (Å²) >= 11 is 0. The summed E-state index contributed by atoms with van der Waals surface area (Å²) in [7, 11) is 0. The van der Waals surface area contributed by atoms with Crippen molar-refractivity contribution in [2.24, 2.45) is 0 Å². The van der Waals surface area contributed by atoms with Crippen molar-refractivity contribution >= 4 is 11.9 Å². The summed E-state index contributed by atoms with van der Waals surface area (Å²) in [6.45, 7) is 1.73. The molecule has 5 nitrogen and oxygen atoms in total. The van der Waals surface area contributed by atoms with Crippen LogP contribution in [0.5, 0.6) is 5.75 Å². The molecule has 0 fully saturated rings. The first-order valence-electron chi connectivity index (χ1n) is 6.23. The summed E-state index contributed by atoms with van der Waals surface area (Å²) < 4.78 is 5.49. The number of aromatic carboxylic acids is 2. The fourth-order valence-electron chi connectivity index (χ4n) is 2.01. The van der Waals surface area contributed by atoms with Crippen LogP contribution in [0, 0.1) is 6.92 Å². The zero-order valence-corrected chi connectivity index (χ0v) is 11.3. The number of ether oxygens (including phenoxy) is 1. The monoisotopic (exact) mass is 284 g/mol. The van der Waals surface area contributed by atoms with E-state index in [1.54, 1.807) is 0 Å². The lowest BCUT2D eigenvalue weighted by atomic mass is 10.0. The quantitative estimate of drug-likeness (QED) is 0.787. The summed E-state index contributed by atoms with van der Waals surface area (Å²) in [5.41, 5.74) is 0.328. The van der Waals surface area contributed by atoms with Crippen LogP contribution >= 0.6 is 0 Å². The number of aryl methyl sites for hydroxylation is 1. The van der Waals surface area contributed by atoms with Crippen LogP contribution in [0.4, 0.5) is 0 Å². The molecule has 0 atom stereocenters. The van der Waals surface area contributed by atoms with Crippen molar-refractivity contribution in [3.8, 4) is 5.75 Å². The second-order valence-electron chi connectivity index (χ2n) is 4.51. The van der Waals surface area contributed by atoms with Crippen LogP contribution in [0.15, 0.2) is 42.5 Å². The van der Waals surface area contributed by atoms with Crippen LogP contribution in [0.1, 0.15) is 31.8 Å². The largest absolute Gasteiger partial charge is 0.545 e. The minimum Gasteiger partial charge on any atom is -0.545 e. The average molecular weight is 284 g/mol. The lowest BCUT2D eigenvalue weighted by Gasteiger charge is -2.17. The third kappa shape index (κ3) is 3.39. The first-order chi connectivity index (χ1) is 9.99. The Hall–Kier alpha value is -2.82. The Balaban J connectivity index is 2.29. The molecule has 2 rings (SSSR count). The summed E-state index contributed by atoms with van der Waals surface area (Å²) in [4.78, 5) is 22.0. The van der Waals surface area contributed by atoms with Gasteiger partial charge in [-0.1, -0.05) is 30.3 Å². The van der Waals surface area contributed by atoms with Gasteiger partial charge in [0.1, 0.15) is 12.4 Å². The van der Waals surface area contributed by atoms with Gasteiger partial charge in [0.2, 0.25) is 0 Å². The van der Waals surface area contributed by atoms with E-state index in [-0.39, 0.29) is 23.5 Å². The van der Waals surface area contributed by atoms with Gasteiger partial charge in [0.15, 0.2) is 0 Å². The van der Waals surface area contributed by atoms with Gasteiger partial charge in [0, 0.05) is 11.1 Å². The second kappa shape index (κ2) is 6.09. The molecule has 0 heterocycles. The Kier molecular flexibility index (Phi) is 4.23. The Bertz CT molecular complexity index is 677. The van der Waals surface area contributed by atoms with Gasteiger partial charge in [-0.25, -0.2) is 0 Å². The zero-order valence-electron chi connectivity index (χ0n) is 11.3. The van der Waals surface area contributed by atoms with Crippen molar-refractivity contribution in [3.05, 3.63) is 64.7 Å². The number of carbonyl (C=O) groups is 2. The smallest absolute Gasteiger partial charge is 0.120 e. The molecule has 2 aromatic carbocycles. The zero-order chi connectivity index (χ0) is 15.4. The lowest BCUT2D eigenvalue weighted by Crippen LogP contribution is -2.31. The van der Waals surface area contributed by atoms with Crippen LogP contribution < -0.4 is 14.9 Å². The van der Waals surface area contributed by atoms with Gasteiger partial charge in [-0.05, 0) is 30.2 Å². The molecule has 0 aliphatic rings. The highest BCUT2D eigenvalue weighted by atomic mass is 16.5. The van der Waals surface area contributed by atoms with Crippen molar-refractivity contribution in [1.29, 1.82) is 0 Å². The lowest BCUT2D eigenvalue weighted by molar-refractivity contribution is -0.259. The predicted molar refractivity (Wildman–Crippen MR) is 70.6 cm³/mol. The molecule has 0 bridgehead atoms. The molecule has 0 saturated heterocycles. The van der Waals surface area contributed by atoms with E-state index in [0.29, 0.717) is 0 Å². The van der Waals surface area contributed by atoms with Crippen molar-refractivity contribution in [2.45, 2.75) is 13.5 Å². The number of carboxylic acids is 2. The minimum atomic E-state index is -1.58. The van der Waals surface area contributed by atoms with Crippen LogP contribution in [0.2, 0.25) is 0 Å². The van der Waals surface area contributed by atoms with E-state index in [9.17, 15) is 19.8 Å². The molecule has 2 aromatic rings. The van der Waals surface area contributed by atoms with Gasteiger partial charge in [-0.15, -0.1) is 0 Å². The molecule has 0 radical (unpaired) electrons. The fourth-order valence-corrected chi connectivity index (χ4v) is 2.01. The molecule has 108 valence electrons. The van der Waals surface area contributed by atoms with Gasteiger partial charge in [0.25, 0.3) is 0 Å². The van der Waals surface area contributed by atoms with E-state index in [1.807, 2.05) is 30.3 Å². The summed E-state index contributed by atoms with van der Waals surface area (Å²) in [6.07, 6.45) is 0. The average Bonchev–Trinajstić information content (AvgIpc) is 2.45. The van der Waals surface area contributed by atoms with Gasteiger partial charge in [-0.3, -0.25) is 0 Å². The fraction of sp³-hybridized carbons (Fsp3) is 0.125. The SMILES string of the molecule is Cc1cc(OCc2ccccc2)cc(C(=O)[O-])c1C(=O)[O-]. The van der Waals surface area contributed by atoms with E-state index in [1.165, 1.54) is 13.0 Å².